The predicted molar refractivity (Wildman–Crippen MR) is 69.5 cm³/mol. The van der Waals surface area contributed by atoms with Gasteiger partial charge in [0.1, 0.15) is 0 Å². The summed E-state index contributed by atoms with van der Waals surface area (Å²) < 4.78 is 0. The summed E-state index contributed by atoms with van der Waals surface area (Å²) in [7, 11) is 2.18. The quantitative estimate of drug-likeness (QED) is 0.633. The molecule has 0 fully saturated rings. The van der Waals surface area contributed by atoms with Crippen molar-refractivity contribution in [1.82, 2.24) is 0 Å². The van der Waals surface area contributed by atoms with Gasteiger partial charge in [-0.2, -0.15) is 0 Å². The zero-order chi connectivity index (χ0) is 11.0. The van der Waals surface area contributed by atoms with E-state index in [1.165, 1.54) is 16.8 Å². The molecule has 1 aromatic carbocycles. The maximum absolute atomic E-state index is 2.38. The molecule has 1 heteroatoms. The lowest BCUT2D eigenvalue weighted by molar-refractivity contribution is 0.731. The first-order valence-corrected chi connectivity index (χ1v) is 5.73. The highest BCUT2D eigenvalue weighted by Crippen LogP contribution is 2.31. The van der Waals surface area contributed by atoms with Crippen molar-refractivity contribution in [1.29, 1.82) is 0 Å². The third-order valence-corrected chi connectivity index (χ3v) is 3.41. The van der Waals surface area contributed by atoms with Crippen LogP contribution in [0.5, 0.6) is 0 Å². The van der Waals surface area contributed by atoms with Crippen LogP contribution in [0.4, 0.5) is 5.69 Å². The fraction of sp³-hybridized carbons (Fsp3) is 0.200. The van der Waals surface area contributed by atoms with E-state index in [-0.39, 0.29) is 0 Å². The number of anilines is 1. The molecule has 0 amide bonds. The molecule has 0 saturated heterocycles. The van der Waals surface area contributed by atoms with Crippen LogP contribution in [0.15, 0.2) is 54.1 Å². The molecule has 0 radical (unpaired) electrons. The monoisotopic (exact) mass is 209 g/mol. The first-order valence-electron chi connectivity index (χ1n) is 5.73. The van der Waals surface area contributed by atoms with Gasteiger partial charge in [0.15, 0.2) is 0 Å². The fourth-order valence-electron chi connectivity index (χ4n) is 2.49. The van der Waals surface area contributed by atoms with Crippen LogP contribution < -0.4 is 4.90 Å². The molecule has 0 aromatic heterocycles. The second-order valence-corrected chi connectivity index (χ2v) is 4.35. The first kappa shape index (κ1) is 9.46. The lowest BCUT2D eigenvalue weighted by Gasteiger charge is -2.31. The molecule has 1 nitrogen and oxygen atoms in total. The fourth-order valence-corrected chi connectivity index (χ4v) is 2.49. The molecule has 0 N–H and O–H groups in total. The van der Waals surface area contributed by atoms with Gasteiger partial charge in [0.25, 0.3) is 0 Å². The highest BCUT2D eigenvalue weighted by atomic mass is 15.1. The van der Waals surface area contributed by atoms with Gasteiger partial charge < -0.3 is 4.90 Å². The maximum atomic E-state index is 2.38. The summed E-state index contributed by atoms with van der Waals surface area (Å²) in [5.41, 5.74) is 4.03. The van der Waals surface area contributed by atoms with Crippen molar-refractivity contribution in [2.24, 2.45) is 0 Å². The number of allylic oxidation sites excluding steroid dienone is 2. The van der Waals surface area contributed by atoms with Crippen LogP contribution in [-0.4, -0.2) is 13.1 Å². The van der Waals surface area contributed by atoms with Gasteiger partial charge in [-0.15, -0.1) is 0 Å². The number of hydrogen-bond donors (Lipinski definition) is 0. The van der Waals surface area contributed by atoms with Crippen LogP contribution >= 0.6 is 0 Å². The van der Waals surface area contributed by atoms with E-state index >= 15 is 0 Å². The molecule has 2 aliphatic rings. The van der Waals surface area contributed by atoms with Gasteiger partial charge >= 0.3 is 0 Å². The molecule has 1 atom stereocenters. The molecule has 80 valence electrons. The van der Waals surface area contributed by atoms with Crippen LogP contribution in [0.2, 0.25) is 0 Å². The normalized spacial score (nSPS) is 22.2. The second-order valence-electron chi connectivity index (χ2n) is 4.35. The van der Waals surface area contributed by atoms with Crippen LogP contribution in [0.1, 0.15) is 12.0 Å². The van der Waals surface area contributed by atoms with E-state index in [1.807, 2.05) is 0 Å². The van der Waals surface area contributed by atoms with E-state index in [2.05, 4.69) is 66.6 Å². The van der Waals surface area contributed by atoms with Crippen LogP contribution in [0.25, 0.3) is 6.08 Å². The summed E-state index contributed by atoms with van der Waals surface area (Å²) in [5, 5.41) is 0. The Morgan fingerprint density at radius 1 is 1.19 bits per heavy atom. The summed E-state index contributed by atoms with van der Waals surface area (Å²) in [4.78, 5) is 2.38. The summed E-state index contributed by atoms with van der Waals surface area (Å²) in [6.45, 7) is 0. The lowest BCUT2D eigenvalue weighted by Crippen LogP contribution is -2.32. The maximum Gasteiger partial charge on any atom is 0.0573 e. The zero-order valence-corrected chi connectivity index (χ0v) is 9.43. The van der Waals surface area contributed by atoms with E-state index < -0.39 is 0 Å². The minimum Gasteiger partial charge on any atom is -0.367 e. The summed E-state index contributed by atoms with van der Waals surface area (Å²) in [6.07, 6.45) is 12.2. The molecule has 1 aromatic rings. The predicted octanol–water partition coefficient (Wildman–Crippen LogP) is 3.40. The van der Waals surface area contributed by atoms with Crippen molar-refractivity contribution >= 4 is 11.8 Å². The van der Waals surface area contributed by atoms with Crippen molar-refractivity contribution in [2.45, 2.75) is 12.5 Å². The van der Waals surface area contributed by atoms with Crippen molar-refractivity contribution in [3.63, 3.8) is 0 Å². The Morgan fingerprint density at radius 3 is 3.00 bits per heavy atom. The molecule has 1 aliphatic heterocycles. The molecule has 0 bridgehead atoms. The molecular formula is C15H15N. The number of hydrogen-bond acceptors (Lipinski definition) is 1. The highest BCUT2D eigenvalue weighted by Gasteiger charge is 2.22. The summed E-state index contributed by atoms with van der Waals surface area (Å²) >= 11 is 0. The van der Waals surface area contributed by atoms with Crippen molar-refractivity contribution in [3.05, 3.63) is 59.7 Å². The van der Waals surface area contributed by atoms with Crippen molar-refractivity contribution in [2.75, 3.05) is 11.9 Å². The van der Waals surface area contributed by atoms with Gasteiger partial charge in [0.2, 0.25) is 0 Å². The minimum absolute atomic E-state index is 0.491. The molecule has 0 saturated carbocycles. The van der Waals surface area contributed by atoms with E-state index in [4.69, 9.17) is 0 Å². The third kappa shape index (κ3) is 1.40. The van der Waals surface area contributed by atoms with Crippen molar-refractivity contribution in [3.8, 4) is 0 Å². The Labute approximate surface area is 96.4 Å². The molecule has 16 heavy (non-hydrogen) atoms. The number of likely N-dealkylation sites (N-methyl/N-ethyl adjacent to an activating group) is 1. The summed E-state index contributed by atoms with van der Waals surface area (Å²) in [6, 6.07) is 9.06. The Kier molecular flexibility index (Phi) is 2.17. The topological polar surface area (TPSA) is 3.24 Å². The van der Waals surface area contributed by atoms with Gasteiger partial charge in [0, 0.05) is 12.7 Å². The molecule has 1 aliphatic carbocycles. The van der Waals surface area contributed by atoms with E-state index in [0.29, 0.717) is 6.04 Å². The Hall–Kier alpha value is -1.76. The Balaban J connectivity index is 2.13. The SMILES string of the molecule is CN1c2ccccc2C=CC2=CC=CCC21. The number of rotatable bonds is 0. The van der Waals surface area contributed by atoms with Gasteiger partial charge in [-0.1, -0.05) is 48.6 Å². The highest BCUT2D eigenvalue weighted by molar-refractivity contribution is 5.72. The van der Waals surface area contributed by atoms with Crippen molar-refractivity contribution < 1.29 is 0 Å². The number of nitrogens with zero attached hydrogens (tertiary/aromatic N) is 1. The van der Waals surface area contributed by atoms with Gasteiger partial charge in [-0.25, -0.2) is 0 Å². The first-order chi connectivity index (χ1) is 7.86. The molecule has 0 spiro atoms. The smallest absolute Gasteiger partial charge is 0.0573 e. The minimum atomic E-state index is 0.491. The average Bonchev–Trinajstić information content (AvgIpc) is 2.49. The lowest BCUT2D eigenvalue weighted by atomic mass is 9.98. The van der Waals surface area contributed by atoms with Crippen LogP contribution in [0.3, 0.4) is 0 Å². The van der Waals surface area contributed by atoms with E-state index in [1.54, 1.807) is 0 Å². The molecule has 1 unspecified atom stereocenters. The second kappa shape index (κ2) is 3.67. The van der Waals surface area contributed by atoms with Crippen LogP contribution in [0, 0.1) is 0 Å². The van der Waals surface area contributed by atoms with Gasteiger partial charge in [-0.05, 0) is 23.6 Å². The largest absolute Gasteiger partial charge is 0.367 e. The molecule has 1 heterocycles. The van der Waals surface area contributed by atoms with Crippen LogP contribution in [-0.2, 0) is 0 Å². The summed E-state index contributed by atoms with van der Waals surface area (Å²) in [5.74, 6) is 0. The average molecular weight is 209 g/mol. The number of para-hydroxylation sites is 1. The number of fused-ring (bicyclic) bond motifs is 2. The Morgan fingerprint density at radius 2 is 2.06 bits per heavy atom. The Bertz CT molecular complexity index is 494. The molecule has 3 rings (SSSR count). The van der Waals surface area contributed by atoms with E-state index in [9.17, 15) is 0 Å². The number of benzene rings is 1. The zero-order valence-electron chi connectivity index (χ0n) is 9.43. The van der Waals surface area contributed by atoms with E-state index in [0.717, 1.165) is 6.42 Å². The third-order valence-electron chi connectivity index (χ3n) is 3.41. The standard InChI is InChI=1S/C15H15N/c1-16-14-8-4-2-6-12(14)10-11-13-7-3-5-9-15(13)16/h2-8,10-11,15H,9H2,1H3. The molecular weight excluding hydrogens is 194 g/mol. The van der Waals surface area contributed by atoms with Gasteiger partial charge in [0.05, 0.1) is 6.04 Å². The van der Waals surface area contributed by atoms with Gasteiger partial charge in [-0.3, -0.25) is 0 Å².